The lowest BCUT2D eigenvalue weighted by Gasteiger charge is -2.22. The lowest BCUT2D eigenvalue weighted by molar-refractivity contribution is -0.137. The van der Waals surface area contributed by atoms with Gasteiger partial charge in [-0.2, -0.15) is 0 Å². The third kappa shape index (κ3) is 9.97. The van der Waals surface area contributed by atoms with E-state index in [-0.39, 0.29) is 25.7 Å². The monoisotopic (exact) mass is 482 g/mol. The second-order valence-corrected chi connectivity index (χ2v) is 8.38. The fourth-order valence-corrected chi connectivity index (χ4v) is 3.63. The normalized spacial score (nSPS) is 12.4. The van der Waals surface area contributed by atoms with Crippen molar-refractivity contribution in [3.05, 3.63) is 60.2 Å². The number of nitrogens with one attached hydrogen (secondary N) is 2. The zero-order valence-corrected chi connectivity index (χ0v) is 19.7. The predicted molar refractivity (Wildman–Crippen MR) is 133 cm³/mol. The van der Waals surface area contributed by atoms with Gasteiger partial charge in [0.1, 0.15) is 12.1 Å². The van der Waals surface area contributed by atoms with Crippen LogP contribution < -0.4 is 22.1 Å². The van der Waals surface area contributed by atoms with E-state index in [1.807, 2.05) is 54.6 Å². The molecule has 2 aromatic carbocycles. The molecule has 0 fully saturated rings. The van der Waals surface area contributed by atoms with Crippen LogP contribution >= 0.6 is 0 Å². The molecule has 2 atom stereocenters. The predicted octanol–water partition coefficient (Wildman–Crippen LogP) is 1.73. The van der Waals surface area contributed by atoms with Crippen LogP contribution in [0, 0.1) is 0 Å². The lowest BCUT2D eigenvalue weighted by Crippen LogP contribution is -2.53. The Morgan fingerprint density at radius 3 is 2.06 bits per heavy atom. The molecule has 0 radical (unpaired) electrons. The molecule has 7 N–H and O–H groups in total. The van der Waals surface area contributed by atoms with Crippen molar-refractivity contribution < 1.29 is 24.3 Å². The van der Waals surface area contributed by atoms with E-state index in [0.717, 1.165) is 16.7 Å². The van der Waals surface area contributed by atoms with Gasteiger partial charge in [-0.25, -0.2) is 0 Å². The van der Waals surface area contributed by atoms with Gasteiger partial charge in [0.2, 0.25) is 17.7 Å². The van der Waals surface area contributed by atoms with Crippen LogP contribution in [0.5, 0.6) is 0 Å². The number of carboxylic acid groups (broad SMARTS) is 1. The van der Waals surface area contributed by atoms with Gasteiger partial charge in [0.25, 0.3) is 0 Å². The van der Waals surface area contributed by atoms with E-state index in [4.69, 9.17) is 16.6 Å². The maximum absolute atomic E-state index is 13.0. The molecule has 0 aliphatic carbocycles. The van der Waals surface area contributed by atoms with Gasteiger partial charge < -0.3 is 27.2 Å². The summed E-state index contributed by atoms with van der Waals surface area (Å²) in [5.41, 5.74) is 13.8. The third-order valence-corrected chi connectivity index (χ3v) is 5.55. The van der Waals surface area contributed by atoms with E-state index in [1.165, 1.54) is 0 Å². The highest BCUT2D eigenvalue weighted by Gasteiger charge is 2.26. The summed E-state index contributed by atoms with van der Waals surface area (Å²) in [6, 6.07) is 15.6. The Morgan fingerprint density at radius 1 is 0.800 bits per heavy atom. The molecule has 3 amide bonds. The van der Waals surface area contributed by atoms with E-state index in [1.54, 1.807) is 0 Å². The van der Waals surface area contributed by atoms with Crippen LogP contribution in [0.25, 0.3) is 11.1 Å². The van der Waals surface area contributed by atoms with Gasteiger partial charge in [0, 0.05) is 19.3 Å². The van der Waals surface area contributed by atoms with Crippen LogP contribution in [0.15, 0.2) is 54.6 Å². The van der Waals surface area contributed by atoms with Crippen molar-refractivity contribution in [1.82, 2.24) is 10.6 Å². The third-order valence-electron chi connectivity index (χ3n) is 5.55. The fraction of sp³-hybridized carbons (Fsp3) is 0.385. The molecule has 0 saturated carbocycles. The Kier molecular flexibility index (Phi) is 11.4. The van der Waals surface area contributed by atoms with Gasteiger partial charge >= 0.3 is 5.97 Å². The summed E-state index contributed by atoms with van der Waals surface area (Å²) in [5.74, 6) is -2.62. The van der Waals surface area contributed by atoms with Crippen molar-refractivity contribution in [1.29, 1.82) is 0 Å². The Labute approximate surface area is 205 Å². The zero-order chi connectivity index (χ0) is 25.6. The quantitative estimate of drug-likeness (QED) is 0.243. The highest BCUT2D eigenvalue weighted by Crippen LogP contribution is 2.20. The maximum Gasteiger partial charge on any atom is 0.303 e. The number of carboxylic acids is 1. The number of primary amides is 1. The number of carbonyl (C=O) groups excluding carboxylic acids is 3. The number of nitrogens with two attached hydrogens (primary N) is 2. The summed E-state index contributed by atoms with van der Waals surface area (Å²) in [4.78, 5) is 48.0. The minimum absolute atomic E-state index is 0.0290. The molecule has 0 spiro atoms. The molecule has 2 rings (SSSR count). The average Bonchev–Trinajstić information content (AvgIpc) is 2.83. The molecule has 0 aliphatic heterocycles. The fourth-order valence-electron chi connectivity index (χ4n) is 3.63. The topological polar surface area (TPSA) is 165 Å². The van der Waals surface area contributed by atoms with Gasteiger partial charge in [-0.05, 0) is 48.9 Å². The van der Waals surface area contributed by atoms with Crippen molar-refractivity contribution in [3.8, 4) is 11.1 Å². The number of aliphatic carboxylic acids is 1. The Hall–Kier alpha value is -3.72. The van der Waals surface area contributed by atoms with Crippen LogP contribution in [0.3, 0.4) is 0 Å². The SMILES string of the molecule is NCCCC[C@H](NC(=O)[C@H](Cc1ccc(-c2ccccc2)cc1)NC(=O)CCCC(=O)O)C(N)=O. The zero-order valence-electron chi connectivity index (χ0n) is 19.7. The minimum atomic E-state index is -0.993. The standard InChI is InChI=1S/C26H34N4O5/c27-16-5-4-9-21(25(28)34)30-26(35)22(29-23(31)10-6-11-24(32)33)17-18-12-14-20(15-13-18)19-7-2-1-3-8-19/h1-3,7-8,12-15,21-22H,4-6,9-11,16-17,27H2,(H2,28,34)(H,29,31)(H,30,35)(H,32,33)/t21-,22-/m0/s1. The molecular formula is C26H34N4O5. The van der Waals surface area contributed by atoms with Crippen LogP contribution in [0.4, 0.5) is 0 Å². The van der Waals surface area contributed by atoms with Crippen LogP contribution in [-0.2, 0) is 25.6 Å². The van der Waals surface area contributed by atoms with Gasteiger partial charge in [0.15, 0.2) is 0 Å². The number of rotatable bonds is 15. The number of amides is 3. The lowest BCUT2D eigenvalue weighted by atomic mass is 9.99. The number of hydrogen-bond acceptors (Lipinski definition) is 5. The summed E-state index contributed by atoms with van der Waals surface area (Å²) in [6.07, 6.45) is 1.84. The first-order valence-electron chi connectivity index (χ1n) is 11.8. The van der Waals surface area contributed by atoms with Gasteiger partial charge in [-0.1, -0.05) is 54.6 Å². The first-order valence-corrected chi connectivity index (χ1v) is 11.8. The van der Waals surface area contributed by atoms with Gasteiger partial charge in [-0.3, -0.25) is 19.2 Å². The molecule has 0 bridgehead atoms. The van der Waals surface area contributed by atoms with Crippen molar-refractivity contribution in [2.45, 2.75) is 57.0 Å². The van der Waals surface area contributed by atoms with E-state index in [2.05, 4.69) is 10.6 Å². The van der Waals surface area contributed by atoms with Crippen molar-refractivity contribution >= 4 is 23.7 Å². The molecule has 188 valence electrons. The largest absolute Gasteiger partial charge is 0.481 e. The van der Waals surface area contributed by atoms with Crippen LogP contribution in [0.1, 0.15) is 44.1 Å². The van der Waals surface area contributed by atoms with Crippen LogP contribution in [-0.4, -0.2) is 47.4 Å². The van der Waals surface area contributed by atoms with Crippen molar-refractivity contribution in [2.75, 3.05) is 6.54 Å². The molecule has 0 heterocycles. The van der Waals surface area contributed by atoms with Gasteiger partial charge in [0.05, 0.1) is 0 Å². The molecule has 35 heavy (non-hydrogen) atoms. The second kappa shape index (κ2) is 14.5. The Bertz CT molecular complexity index is 979. The molecule has 0 aliphatic rings. The molecular weight excluding hydrogens is 448 g/mol. The maximum atomic E-state index is 13.0. The molecule has 0 saturated heterocycles. The molecule has 2 aromatic rings. The smallest absolute Gasteiger partial charge is 0.303 e. The minimum Gasteiger partial charge on any atom is -0.481 e. The van der Waals surface area contributed by atoms with Crippen LogP contribution in [0.2, 0.25) is 0 Å². The summed E-state index contributed by atoms with van der Waals surface area (Å²) in [7, 11) is 0. The number of benzene rings is 2. The molecule has 0 unspecified atom stereocenters. The summed E-state index contributed by atoms with van der Waals surface area (Å²) in [6.45, 7) is 0.466. The first-order chi connectivity index (χ1) is 16.8. The average molecular weight is 483 g/mol. The van der Waals surface area contributed by atoms with Gasteiger partial charge in [-0.15, -0.1) is 0 Å². The Balaban J connectivity index is 2.12. The molecule has 9 nitrogen and oxygen atoms in total. The Morgan fingerprint density at radius 2 is 1.46 bits per heavy atom. The number of unbranched alkanes of at least 4 members (excludes halogenated alkanes) is 1. The van der Waals surface area contributed by atoms with E-state index in [0.29, 0.717) is 25.8 Å². The number of hydrogen-bond donors (Lipinski definition) is 5. The summed E-state index contributed by atoms with van der Waals surface area (Å²) >= 11 is 0. The van der Waals surface area contributed by atoms with Crippen molar-refractivity contribution in [2.24, 2.45) is 11.5 Å². The van der Waals surface area contributed by atoms with E-state index >= 15 is 0 Å². The summed E-state index contributed by atoms with van der Waals surface area (Å²) in [5, 5.41) is 14.1. The highest BCUT2D eigenvalue weighted by atomic mass is 16.4. The second-order valence-electron chi connectivity index (χ2n) is 8.38. The summed E-state index contributed by atoms with van der Waals surface area (Å²) < 4.78 is 0. The van der Waals surface area contributed by atoms with Crippen molar-refractivity contribution in [3.63, 3.8) is 0 Å². The van der Waals surface area contributed by atoms with E-state index < -0.39 is 35.8 Å². The highest BCUT2D eigenvalue weighted by molar-refractivity contribution is 5.91. The molecule has 0 aromatic heterocycles. The number of carbonyl (C=O) groups is 4. The molecule has 9 heteroatoms. The van der Waals surface area contributed by atoms with E-state index in [9.17, 15) is 19.2 Å². The first kappa shape index (κ1) is 27.5.